The Hall–Kier alpha value is -1.37. The number of benzene rings is 1. The zero-order chi connectivity index (χ0) is 13.9. The lowest BCUT2D eigenvalue weighted by Crippen LogP contribution is -2.21. The number of rotatable bonds is 5. The highest BCUT2D eigenvalue weighted by molar-refractivity contribution is 7.93. The summed E-state index contributed by atoms with van der Waals surface area (Å²) in [5.41, 5.74) is 6.32. The van der Waals surface area contributed by atoms with E-state index >= 15 is 0 Å². The maximum Gasteiger partial charge on any atom is 0.195 e. The number of hydrogen-bond acceptors (Lipinski definition) is 5. The second-order valence-electron chi connectivity index (χ2n) is 3.98. The second kappa shape index (κ2) is 5.73. The normalized spacial score (nSPS) is 13.2. The third-order valence-electron chi connectivity index (χ3n) is 2.83. The first kappa shape index (κ1) is 14.0. The van der Waals surface area contributed by atoms with E-state index in [0.717, 1.165) is 0 Å². The van der Waals surface area contributed by atoms with Crippen LogP contribution in [0.3, 0.4) is 0 Å². The van der Waals surface area contributed by atoms with Crippen LogP contribution in [0.25, 0.3) is 0 Å². The van der Waals surface area contributed by atoms with Crippen molar-refractivity contribution in [2.45, 2.75) is 9.46 Å². The Morgan fingerprint density at radius 2 is 2.11 bits per heavy atom. The van der Waals surface area contributed by atoms with Gasteiger partial charge in [0.05, 0.1) is 7.11 Å². The van der Waals surface area contributed by atoms with Crippen LogP contribution in [0.4, 0.5) is 0 Å². The van der Waals surface area contributed by atoms with E-state index in [1.165, 1.54) is 11.3 Å². The van der Waals surface area contributed by atoms with Crippen LogP contribution >= 0.6 is 11.3 Å². The lowest BCUT2D eigenvalue weighted by Gasteiger charge is -2.15. The molecule has 102 valence electrons. The highest BCUT2D eigenvalue weighted by Crippen LogP contribution is 2.32. The molecule has 0 bridgehead atoms. The van der Waals surface area contributed by atoms with Crippen molar-refractivity contribution < 1.29 is 13.2 Å². The summed E-state index contributed by atoms with van der Waals surface area (Å²) in [5, 5.41) is 0.993. The van der Waals surface area contributed by atoms with Gasteiger partial charge in [0.15, 0.2) is 9.84 Å². The summed E-state index contributed by atoms with van der Waals surface area (Å²) >= 11 is 1.20. The van der Waals surface area contributed by atoms with E-state index < -0.39 is 15.1 Å². The van der Waals surface area contributed by atoms with E-state index in [0.29, 0.717) is 15.5 Å². The minimum absolute atomic E-state index is 0.0351. The van der Waals surface area contributed by atoms with Crippen molar-refractivity contribution in [2.24, 2.45) is 5.73 Å². The quantitative estimate of drug-likeness (QED) is 0.919. The van der Waals surface area contributed by atoms with Gasteiger partial charge in [0.1, 0.15) is 15.2 Å². The van der Waals surface area contributed by atoms with Crippen molar-refractivity contribution >= 4 is 21.2 Å². The van der Waals surface area contributed by atoms with Crippen molar-refractivity contribution in [2.75, 3.05) is 13.7 Å². The van der Waals surface area contributed by atoms with Crippen LogP contribution in [0.2, 0.25) is 0 Å². The molecule has 2 rings (SSSR count). The predicted octanol–water partition coefficient (Wildman–Crippen LogP) is 2.23. The van der Waals surface area contributed by atoms with E-state index in [4.69, 9.17) is 10.5 Å². The third-order valence-corrected chi connectivity index (χ3v) is 6.39. The molecule has 1 atom stereocenters. The first-order valence-electron chi connectivity index (χ1n) is 5.71. The molecule has 0 aliphatic rings. The Bertz CT molecular complexity index is 636. The smallest absolute Gasteiger partial charge is 0.195 e. The van der Waals surface area contributed by atoms with Gasteiger partial charge in [-0.25, -0.2) is 8.42 Å². The van der Waals surface area contributed by atoms with Gasteiger partial charge < -0.3 is 10.5 Å². The minimum Gasteiger partial charge on any atom is -0.497 e. The Balaban J connectivity index is 2.45. The SMILES string of the molecule is COc1cccc([C@@H](CN)S(=O)(=O)c2cccs2)c1. The first-order valence-corrected chi connectivity index (χ1v) is 8.13. The van der Waals surface area contributed by atoms with E-state index in [2.05, 4.69) is 0 Å². The molecule has 0 unspecified atom stereocenters. The molecule has 4 nitrogen and oxygen atoms in total. The standard InChI is InChI=1S/C13H15NO3S2/c1-17-11-5-2-4-10(8-11)12(9-14)19(15,16)13-6-3-7-18-13/h2-8,12H,9,14H2,1H3/t12-/m1/s1. The second-order valence-corrected chi connectivity index (χ2v) is 7.28. The fraction of sp³-hybridized carbons (Fsp3) is 0.231. The summed E-state index contributed by atoms with van der Waals surface area (Å²) in [6.07, 6.45) is 0. The van der Waals surface area contributed by atoms with Crippen molar-refractivity contribution in [1.82, 2.24) is 0 Å². The van der Waals surface area contributed by atoms with E-state index in [-0.39, 0.29) is 6.54 Å². The number of thiophene rings is 1. The number of sulfone groups is 1. The summed E-state index contributed by atoms with van der Waals surface area (Å²) in [6.45, 7) is 0.0351. The number of methoxy groups -OCH3 is 1. The molecule has 0 radical (unpaired) electrons. The Kier molecular flexibility index (Phi) is 4.24. The summed E-state index contributed by atoms with van der Waals surface area (Å²) in [7, 11) is -1.90. The lowest BCUT2D eigenvalue weighted by atomic mass is 10.1. The molecule has 19 heavy (non-hydrogen) atoms. The number of nitrogens with two attached hydrogens (primary N) is 1. The van der Waals surface area contributed by atoms with Gasteiger partial charge in [-0.2, -0.15) is 0 Å². The van der Waals surface area contributed by atoms with E-state index in [1.807, 2.05) is 0 Å². The largest absolute Gasteiger partial charge is 0.497 e. The maximum absolute atomic E-state index is 12.5. The van der Waals surface area contributed by atoms with Gasteiger partial charge in [-0.1, -0.05) is 18.2 Å². The maximum atomic E-state index is 12.5. The van der Waals surface area contributed by atoms with Gasteiger partial charge in [-0.3, -0.25) is 0 Å². The molecular weight excluding hydrogens is 282 g/mol. The molecule has 0 saturated carbocycles. The molecule has 2 aromatic rings. The van der Waals surface area contributed by atoms with Crippen molar-refractivity contribution in [3.05, 3.63) is 47.3 Å². The predicted molar refractivity (Wildman–Crippen MR) is 76.3 cm³/mol. The molecule has 2 N–H and O–H groups in total. The summed E-state index contributed by atoms with van der Waals surface area (Å²) < 4.78 is 30.5. The fourth-order valence-corrected chi connectivity index (χ4v) is 4.66. The number of ether oxygens (including phenoxy) is 1. The monoisotopic (exact) mass is 297 g/mol. The van der Waals surface area contributed by atoms with Crippen molar-refractivity contribution in [3.8, 4) is 5.75 Å². The molecule has 0 aliphatic heterocycles. The van der Waals surface area contributed by atoms with Crippen LogP contribution in [0, 0.1) is 0 Å². The Morgan fingerprint density at radius 3 is 2.68 bits per heavy atom. The molecular formula is C13H15NO3S2. The van der Waals surface area contributed by atoms with Gasteiger partial charge in [0.25, 0.3) is 0 Å². The molecule has 0 saturated heterocycles. The highest BCUT2D eigenvalue weighted by atomic mass is 32.2. The summed E-state index contributed by atoms with van der Waals surface area (Å²) in [6, 6.07) is 10.3. The average Bonchev–Trinajstić information content (AvgIpc) is 2.94. The van der Waals surface area contributed by atoms with Gasteiger partial charge in [0.2, 0.25) is 0 Å². The molecule has 6 heteroatoms. The topological polar surface area (TPSA) is 69.4 Å². The van der Waals surface area contributed by atoms with Gasteiger partial charge in [-0.15, -0.1) is 11.3 Å². The van der Waals surface area contributed by atoms with Gasteiger partial charge >= 0.3 is 0 Å². The summed E-state index contributed by atoms with van der Waals surface area (Å²) in [5.74, 6) is 0.623. The zero-order valence-corrected chi connectivity index (χ0v) is 12.1. The molecule has 0 aliphatic carbocycles. The third kappa shape index (κ3) is 2.80. The van der Waals surface area contributed by atoms with Gasteiger partial charge in [-0.05, 0) is 29.1 Å². The molecule has 0 spiro atoms. The molecule has 0 amide bonds. The number of hydrogen-bond donors (Lipinski definition) is 1. The van der Waals surface area contributed by atoms with Crippen LogP contribution in [0.1, 0.15) is 10.8 Å². The van der Waals surface area contributed by atoms with Crippen LogP contribution in [-0.4, -0.2) is 22.1 Å². The van der Waals surface area contributed by atoms with E-state index in [9.17, 15) is 8.42 Å². The highest BCUT2D eigenvalue weighted by Gasteiger charge is 2.28. The molecule has 1 heterocycles. The molecule has 0 fully saturated rings. The zero-order valence-electron chi connectivity index (χ0n) is 10.4. The fourth-order valence-electron chi connectivity index (χ4n) is 1.85. The molecule has 1 aromatic carbocycles. The van der Waals surface area contributed by atoms with E-state index in [1.54, 1.807) is 48.9 Å². The van der Waals surface area contributed by atoms with Crippen molar-refractivity contribution in [1.29, 1.82) is 0 Å². The Labute approximate surface area is 116 Å². The molecule has 1 aromatic heterocycles. The van der Waals surface area contributed by atoms with Crippen LogP contribution < -0.4 is 10.5 Å². The first-order chi connectivity index (χ1) is 9.09. The van der Waals surface area contributed by atoms with Crippen LogP contribution in [0.15, 0.2) is 46.0 Å². The Morgan fingerprint density at radius 1 is 1.32 bits per heavy atom. The average molecular weight is 297 g/mol. The van der Waals surface area contributed by atoms with Gasteiger partial charge in [0, 0.05) is 6.54 Å². The summed E-state index contributed by atoms with van der Waals surface area (Å²) in [4.78, 5) is 0. The minimum atomic E-state index is -3.45. The van der Waals surface area contributed by atoms with Crippen LogP contribution in [-0.2, 0) is 9.84 Å². The van der Waals surface area contributed by atoms with Crippen LogP contribution in [0.5, 0.6) is 5.75 Å². The van der Waals surface area contributed by atoms with Crippen molar-refractivity contribution in [3.63, 3.8) is 0 Å². The lowest BCUT2D eigenvalue weighted by molar-refractivity contribution is 0.414.